The summed E-state index contributed by atoms with van der Waals surface area (Å²) >= 11 is 13.9. The minimum atomic E-state index is -1.14. The van der Waals surface area contributed by atoms with E-state index in [2.05, 4.69) is 9.80 Å². The Labute approximate surface area is 354 Å². The molecule has 0 unspecified atom stereocenters. The molecule has 0 atom stereocenters. The minimum Gasteiger partial charge on any atom is -0.497 e. The molecular formula is C41H43Cl2IN4O9. The van der Waals surface area contributed by atoms with Gasteiger partial charge in [-0.15, -0.1) is 0 Å². The standard InChI is InChI=1S/C21H23ClN2O5.C20H20ClIN2O4/c1-28-17-6-7-19(18(12-17)21(26)27)29-14-20(25)24-10-8-23(9-11-24)13-15-2-4-16(22)5-3-15;21-15-3-1-14(2-4-15)12-23-7-9-24(10-8-23)19(25)13-28-18-6-5-16(22)11-17(18)20(26)27/h2-7,12H,8-11,13-14H2,1H3,(H,26,27);1-6,11H,7-10,12-13H2,(H,26,27). The van der Waals surface area contributed by atoms with Gasteiger partial charge in [-0.25, -0.2) is 9.59 Å². The summed E-state index contributed by atoms with van der Waals surface area (Å²) in [6.45, 7) is 6.77. The van der Waals surface area contributed by atoms with Gasteiger partial charge in [0, 0.05) is 79.1 Å². The molecule has 13 nitrogen and oxygen atoms in total. The summed E-state index contributed by atoms with van der Waals surface area (Å²) in [5.41, 5.74) is 2.39. The summed E-state index contributed by atoms with van der Waals surface area (Å²) in [6, 6.07) is 24.9. The Morgan fingerprint density at radius 1 is 0.596 bits per heavy atom. The van der Waals surface area contributed by atoms with Gasteiger partial charge in [-0.3, -0.25) is 19.4 Å². The molecule has 4 aromatic rings. The number of benzene rings is 4. The van der Waals surface area contributed by atoms with Crippen molar-refractivity contribution in [2.75, 3.05) is 72.7 Å². The molecule has 0 spiro atoms. The molecule has 302 valence electrons. The molecule has 16 heteroatoms. The van der Waals surface area contributed by atoms with Crippen molar-refractivity contribution in [3.63, 3.8) is 0 Å². The third-order valence-electron chi connectivity index (χ3n) is 9.38. The van der Waals surface area contributed by atoms with Crippen LogP contribution in [-0.4, -0.2) is 126 Å². The lowest BCUT2D eigenvalue weighted by molar-refractivity contribution is -0.135. The fraction of sp³-hybridized carbons (Fsp3) is 0.317. The summed E-state index contributed by atoms with van der Waals surface area (Å²) in [6.07, 6.45) is 0. The van der Waals surface area contributed by atoms with Crippen molar-refractivity contribution in [1.82, 2.24) is 19.6 Å². The number of ether oxygens (including phenoxy) is 3. The van der Waals surface area contributed by atoms with Crippen LogP contribution in [0.4, 0.5) is 0 Å². The van der Waals surface area contributed by atoms with Gasteiger partial charge in [0.1, 0.15) is 28.4 Å². The van der Waals surface area contributed by atoms with E-state index in [1.54, 1.807) is 28.0 Å². The second-order valence-corrected chi connectivity index (χ2v) is 15.4. The highest BCUT2D eigenvalue weighted by Crippen LogP contribution is 2.25. The van der Waals surface area contributed by atoms with Crippen molar-refractivity contribution in [3.05, 3.63) is 121 Å². The lowest BCUT2D eigenvalue weighted by atomic mass is 10.2. The van der Waals surface area contributed by atoms with Crippen LogP contribution in [0.25, 0.3) is 0 Å². The second kappa shape index (κ2) is 21.2. The first-order valence-corrected chi connectivity index (χ1v) is 19.9. The second-order valence-electron chi connectivity index (χ2n) is 13.3. The zero-order chi connectivity index (χ0) is 40.9. The molecule has 2 aliphatic rings. The summed E-state index contributed by atoms with van der Waals surface area (Å²) in [4.78, 5) is 55.7. The summed E-state index contributed by atoms with van der Waals surface area (Å²) in [5, 5.41) is 20.0. The van der Waals surface area contributed by atoms with Crippen LogP contribution < -0.4 is 14.2 Å². The molecule has 2 amide bonds. The topological polar surface area (TPSA) is 149 Å². The first-order valence-electron chi connectivity index (χ1n) is 18.1. The van der Waals surface area contributed by atoms with Crippen molar-refractivity contribution in [2.24, 2.45) is 0 Å². The van der Waals surface area contributed by atoms with Crippen molar-refractivity contribution in [2.45, 2.75) is 13.1 Å². The van der Waals surface area contributed by atoms with Gasteiger partial charge in [0.05, 0.1) is 7.11 Å². The number of carboxylic acid groups (broad SMARTS) is 2. The van der Waals surface area contributed by atoms with Crippen molar-refractivity contribution < 1.29 is 43.6 Å². The number of amides is 2. The van der Waals surface area contributed by atoms with Crippen LogP contribution in [0.2, 0.25) is 10.0 Å². The van der Waals surface area contributed by atoms with E-state index in [-0.39, 0.29) is 47.7 Å². The maximum atomic E-state index is 12.5. The van der Waals surface area contributed by atoms with Gasteiger partial charge in [0.15, 0.2) is 13.2 Å². The van der Waals surface area contributed by atoms with Crippen LogP contribution in [0.1, 0.15) is 31.8 Å². The fourth-order valence-corrected chi connectivity index (χ4v) is 6.94. The number of carboxylic acids is 2. The Morgan fingerprint density at radius 2 is 1.00 bits per heavy atom. The highest BCUT2D eigenvalue weighted by molar-refractivity contribution is 14.1. The first kappa shape index (κ1) is 43.5. The highest BCUT2D eigenvalue weighted by atomic mass is 127. The van der Waals surface area contributed by atoms with Crippen LogP contribution in [0.15, 0.2) is 84.9 Å². The average Bonchev–Trinajstić information content (AvgIpc) is 3.21. The summed E-state index contributed by atoms with van der Waals surface area (Å²) in [5.74, 6) is -1.74. The first-order chi connectivity index (χ1) is 27.4. The molecule has 6 rings (SSSR count). The Kier molecular flexibility index (Phi) is 16.2. The highest BCUT2D eigenvalue weighted by Gasteiger charge is 2.24. The van der Waals surface area contributed by atoms with E-state index < -0.39 is 11.9 Å². The number of nitrogens with zero attached hydrogens (tertiary/aromatic N) is 4. The monoisotopic (exact) mass is 932 g/mol. The molecule has 4 aromatic carbocycles. The van der Waals surface area contributed by atoms with E-state index in [0.717, 1.165) is 47.9 Å². The Balaban J connectivity index is 0.000000218. The van der Waals surface area contributed by atoms with E-state index in [9.17, 15) is 29.4 Å². The molecule has 0 aromatic heterocycles. The maximum absolute atomic E-state index is 12.5. The molecule has 0 bridgehead atoms. The van der Waals surface area contributed by atoms with Gasteiger partial charge in [0.2, 0.25) is 0 Å². The van der Waals surface area contributed by atoms with Crippen LogP contribution in [-0.2, 0) is 22.7 Å². The lowest BCUT2D eigenvalue weighted by Gasteiger charge is -2.34. The van der Waals surface area contributed by atoms with E-state index >= 15 is 0 Å². The van der Waals surface area contributed by atoms with Crippen molar-refractivity contribution >= 4 is 69.5 Å². The van der Waals surface area contributed by atoms with E-state index in [4.69, 9.17) is 37.4 Å². The van der Waals surface area contributed by atoms with Crippen LogP contribution in [0.3, 0.4) is 0 Å². The quantitative estimate of drug-likeness (QED) is 0.149. The van der Waals surface area contributed by atoms with Gasteiger partial charge in [-0.2, -0.15) is 0 Å². The maximum Gasteiger partial charge on any atom is 0.339 e. The minimum absolute atomic E-state index is 0.0371. The zero-order valence-corrected chi connectivity index (χ0v) is 34.9. The number of carbonyl (C=O) groups excluding carboxylic acids is 2. The number of carbonyl (C=O) groups is 4. The normalized spacial score (nSPS) is 14.6. The third kappa shape index (κ3) is 13.2. The SMILES string of the molecule is COc1ccc(OCC(=O)N2CCN(Cc3ccc(Cl)cc3)CC2)c(C(=O)O)c1.O=C(O)c1cc(I)ccc1OCC(=O)N1CCN(Cc2ccc(Cl)cc2)CC1. The predicted octanol–water partition coefficient (Wildman–Crippen LogP) is 6.14. The van der Waals surface area contributed by atoms with Crippen molar-refractivity contribution in [3.8, 4) is 17.2 Å². The van der Waals surface area contributed by atoms with Gasteiger partial charge >= 0.3 is 11.9 Å². The van der Waals surface area contributed by atoms with E-state index in [1.807, 2.05) is 71.1 Å². The molecule has 2 aliphatic heterocycles. The zero-order valence-electron chi connectivity index (χ0n) is 31.2. The number of aromatic carboxylic acids is 2. The predicted molar refractivity (Wildman–Crippen MR) is 224 cm³/mol. The van der Waals surface area contributed by atoms with Crippen LogP contribution in [0, 0.1) is 3.57 Å². The lowest BCUT2D eigenvalue weighted by Crippen LogP contribution is -2.49. The molecular weight excluding hydrogens is 890 g/mol. The van der Waals surface area contributed by atoms with E-state index in [0.29, 0.717) is 37.0 Å². The van der Waals surface area contributed by atoms with Gasteiger partial charge in [0.25, 0.3) is 11.8 Å². The number of halogens is 3. The smallest absolute Gasteiger partial charge is 0.339 e. The van der Waals surface area contributed by atoms with Crippen LogP contribution >= 0.6 is 45.8 Å². The number of rotatable bonds is 13. The molecule has 2 N–H and O–H groups in total. The Morgan fingerprint density at radius 3 is 1.40 bits per heavy atom. The molecule has 2 fully saturated rings. The van der Waals surface area contributed by atoms with E-state index in [1.165, 1.54) is 36.4 Å². The summed E-state index contributed by atoms with van der Waals surface area (Å²) in [7, 11) is 1.46. The number of methoxy groups -OCH3 is 1. The van der Waals surface area contributed by atoms with Crippen molar-refractivity contribution in [1.29, 1.82) is 0 Å². The van der Waals surface area contributed by atoms with Gasteiger partial charge in [-0.1, -0.05) is 47.5 Å². The fourth-order valence-electron chi connectivity index (χ4n) is 6.19. The summed E-state index contributed by atoms with van der Waals surface area (Å²) < 4.78 is 16.8. The largest absolute Gasteiger partial charge is 0.497 e. The number of hydrogen-bond donors (Lipinski definition) is 2. The third-order valence-corrected chi connectivity index (χ3v) is 10.6. The average molecular weight is 934 g/mol. The number of hydrogen-bond acceptors (Lipinski definition) is 9. The van der Waals surface area contributed by atoms with Gasteiger partial charge < -0.3 is 34.2 Å². The number of piperazine rings is 2. The molecule has 0 aliphatic carbocycles. The van der Waals surface area contributed by atoms with Gasteiger partial charge in [-0.05, 0) is 94.4 Å². The molecule has 0 saturated carbocycles. The molecule has 0 radical (unpaired) electrons. The Bertz CT molecular complexity index is 2000. The molecule has 2 saturated heterocycles. The molecule has 57 heavy (non-hydrogen) atoms. The van der Waals surface area contributed by atoms with Crippen LogP contribution in [0.5, 0.6) is 17.2 Å². The Hall–Kier alpha value is -4.61. The molecule has 2 heterocycles.